The van der Waals surface area contributed by atoms with Crippen molar-refractivity contribution in [3.63, 3.8) is 0 Å². The molecule has 112 valence electrons. The maximum Gasteiger partial charge on any atom is 0.271 e. The smallest absolute Gasteiger partial charge is 0.271 e. The Hall–Kier alpha value is -2.47. The molecule has 0 bridgehead atoms. The van der Waals surface area contributed by atoms with E-state index in [1.165, 1.54) is 4.68 Å². The van der Waals surface area contributed by atoms with E-state index in [-0.39, 0.29) is 5.56 Å². The zero-order valence-corrected chi connectivity index (χ0v) is 12.8. The van der Waals surface area contributed by atoms with Crippen LogP contribution in [0.4, 0.5) is 0 Å². The van der Waals surface area contributed by atoms with Crippen LogP contribution in [0.3, 0.4) is 0 Å². The van der Waals surface area contributed by atoms with E-state index < -0.39 is 0 Å². The SMILES string of the molecule is COc1ccccc1-n1[nH]c(CSc2ccccn2)cc1=O. The molecule has 0 radical (unpaired) electrons. The highest BCUT2D eigenvalue weighted by Gasteiger charge is 2.09. The number of aromatic amines is 1. The Morgan fingerprint density at radius 3 is 2.82 bits per heavy atom. The molecule has 0 saturated carbocycles. The summed E-state index contributed by atoms with van der Waals surface area (Å²) in [5.74, 6) is 1.30. The van der Waals surface area contributed by atoms with E-state index in [0.717, 1.165) is 10.7 Å². The molecule has 0 aliphatic heterocycles. The van der Waals surface area contributed by atoms with Crippen LogP contribution in [0.2, 0.25) is 0 Å². The Bertz CT molecular complexity index is 812. The third-order valence-electron chi connectivity index (χ3n) is 3.11. The number of nitrogens with zero attached hydrogens (tertiary/aromatic N) is 2. The van der Waals surface area contributed by atoms with Gasteiger partial charge in [-0.15, -0.1) is 11.8 Å². The molecular weight excluding hydrogens is 298 g/mol. The Balaban J connectivity index is 1.83. The number of hydrogen-bond acceptors (Lipinski definition) is 4. The van der Waals surface area contributed by atoms with E-state index in [0.29, 0.717) is 17.2 Å². The van der Waals surface area contributed by atoms with Crippen molar-refractivity contribution in [3.8, 4) is 11.4 Å². The molecule has 2 aromatic heterocycles. The quantitative estimate of drug-likeness (QED) is 0.736. The maximum atomic E-state index is 12.2. The van der Waals surface area contributed by atoms with Crippen LogP contribution < -0.4 is 10.3 Å². The second kappa shape index (κ2) is 6.53. The van der Waals surface area contributed by atoms with Crippen LogP contribution >= 0.6 is 11.8 Å². The summed E-state index contributed by atoms with van der Waals surface area (Å²) in [6.07, 6.45) is 1.76. The van der Waals surface area contributed by atoms with Gasteiger partial charge in [-0.2, -0.15) is 0 Å². The summed E-state index contributed by atoms with van der Waals surface area (Å²) >= 11 is 1.57. The van der Waals surface area contributed by atoms with Crippen molar-refractivity contribution in [2.24, 2.45) is 0 Å². The van der Waals surface area contributed by atoms with E-state index in [4.69, 9.17) is 4.74 Å². The summed E-state index contributed by atoms with van der Waals surface area (Å²) in [6.45, 7) is 0. The van der Waals surface area contributed by atoms with Crippen LogP contribution in [0.5, 0.6) is 5.75 Å². The van der Waals surface area contributed by atoms with Gasteiger partial charge in [0.15, 0.2) is 0 Å². The molecule has 0 atom stereocenters. The highest BCUT2D eigenvalue weighted by molar-refractivity contribution is 7.98. The van der Waals surface area contributed by atoms with Gasteiger partial charge in [-0.25, -0.2) is 9.67 Å². The molecule has 0 aliphatic carbocycles. The Labute approximate surface area is 132 Å². The number of benzene rings is 1. The third-order valence-corrected chi connectivity index (χ3v) is 4.11. The van der Waals surface area contributed by atoms with Gasteiger partial charge >= 0.3 is 0 Å². The number of H-pyrrole nitrogens is 1. The first-order valence-electron chi connectivity index (χ1n) is 6.76. The number of methoxy groups -OCH3 is 1. The van der Waals surface area contributed by atoms with Gasteiger partial charge < -0.3 is 4.74 Å². The first-order chi connectivity index (χ1) is 10.8. The monoisotopic (exact) mass is 313 g/mol. The Kier molecular flexibility index (Phi) is 4.29. The van der Waals surface area contributed by atoms with E-state index in [1.54, 1.807) is 31.1 Å². The van der Waals surface area contributed by atoms with E-state index in [1.807, 2.05) is 42.5 Å². The molecule has 6 heteroatoms. The topological polar surface area (TPSA) is 59.9 Å². The van der Waals surface area contributed by atoms with Crippen molar-refractivity contribution in [3.05, 3.63) is 70.8 Å². The third kappa shape index (κ3) is 3.07. The molecule has 1 N–H and O–H groups in total. The van der Waals surface area contributed by atoms with Crippen LogP contribution in [0.15, 0.2) is 64.5 Å². The van der Waals surface area contributed by atoms with Crippen molar-refractivity contribution in [2.75, 3.05) is 7.11 Å². The number of ether oxygens (including phenoxy) is 1. The average Bonchev–Trinajstić information content (AvgIpc) is 2.94. The van der Waals surface area contributed by atoms with Crippen LogP contribution in [-0.2, 0) is 5.75 Å². The molecule has 2 heterocycles. The lowest BCUT2D eigenvalue weighted by Gasteiger charge is -2.08. The molecule has 0 amide bonds. The first-order valence-corrected chi connectivity index (χ1v) is 7.74. The maximum absolute atomic E-state index is 12.2. The molecule has 3 rings (SSSR count). The summed E-state index contributed by atoms with van der Waals surface area (Å²) in [7, 11) is 1.59. The van der Waals surface area contributed by atoms with Crippen molar-refractivity contribution >= 4 is 11.8 Å². The van der Waals surface area contributed by atoms with Crippen LogP contribution in [-0.4, -0.2) is 21.9 Å². The van der Waals surface area contributed by atoms with Crippen LogP contribution in [0, 0.1) is 0 Å². The lowest BCUT2D eigenvalue weighted by Crippen LogP contribution is -2.14. The van der Waals surface area contributed by atoms with E-state index in [2.05, 4.69) is 10.1 Å². The first kappa shape index (κ1) is 14.5. The van der Waals surface area contributed by atoms with E-state index >= 15 is 0 Å². The molecule has 0 aliphatic rings. The predicted octanol–water partition coefficient (Wildman–Crippen LogP) is 2.86. The normalized spacial score (nSPS) is 10.6. The second-order valence-corrected chi connectivity index (χ2v) is 5.58. The van der Waals surface area contributed by atoms with Gasteiger partial charge in [-0.1, -0.05) is 18.2 Å². The van der Waals surface area contributed by atoms with Gasteiger partial charge in [-0.05, 0) is 24.3 Å². The minimum absolute atomic E-state index is 0.110. The average molecular weight is 313 g/mol. The van der Waals surface area contributed by atoms with Crippen molar-refractivity contribution in [1.82, 2.24) is 14.8 Å². The van der Waals surface area contributed by atoms with Crippen molar-refractivity contribution < 1.29 is 4.74 Å². The zero-order valence-electron chi connectivity index (χ0n) is 12.0. The van der Waals surface area contributed by atoms with Crippen LogP contribution in [0.25, 0.3) is 5.69 Å². The van der Waals surface area contributed by atoms with Gasteiger partial charge in [0.1, 0.15) is 11.4 Å². The molecule has 22 heavy (non-hydrogen) atoms. The Morgan fingerprint density at radius 2 is 2.05 bits per heavy atom. The van der Waals surface area contributed by atoms with Gasteiger partial charge in [0, 0.05) is 23.7 Å². The summed E-state index contributed by atoms with van der Waals surface area (Å²) in [5, 5.41) is 4.04. The number of para-hydroxylation sites is 2. The minimum Gasteiger partial charge on any atom is -0.494 e. The Morgan fingerprint density at radius 1 is 1.23 bits per heavy atom. The highest BCUT2D eigenvalue weighted by atomic mass is 32.2. The molecule has 3 aromatic rings. The summed E-state index contributed by atoms with van der Waals surface area (Å²) in [4.78, 5) is 16.4. The van der Waals surface area contributed by atoms with Gasteiger partial charge in [-0.3, -0.25) is 9.89 Å². The number of rotatable bonds is 5. The number of aromatic nitrogens is 3. The molecule has 0 unspecified atom stereocenters. The number of pyridine rings is 1. The van der Waals surface area contributed by atoms with E-state index in [9.17, 15) is 4.79 Å². The molecule has 0 spiro atoms. The van der Waals surface area contributed by atoms with Gasteiger partial charge in [0.2, 0.25) is 0 Å². The fourth-order valence-corrected chi connectivity index (χ4v) is 2.86. The predicted molar refractivity (Wildman–Crippen MR) is 86.7 cm³/mol. The number of thioether (sulfide) groups is 1. The molecule has 5 nitrogen and oxygen atoms in total. The zero-order chi connectivity index (χ0) is 15.4. The molecule has 0 saturated heterocycles. The van der Waals surface area contributed by atoms with Crippen molar-refractivity contribution in [2.45, 2.75) is 10.8 Å². The summed E-state index contributed by atoms with van der Waals surface area (Å²) < 4.78 is 6.79. The molecular formula is C16H15N3O2S. The summed E-state index contributed by atoms with van der Waals surface area (Å²) in [6, 6.07) is 14.8. The minimum atomic E-state index is -0.110. The lowest BCUT2D eigenvalue weighted by molar-refractivity contribution is 0.411. The lowest BCUT2D eigenvalue weighted by atomic mass is 10.3. The molecule has 0 fully saturated rings. The largest absolute Gasteiger partial charge is 0.494 e. The van der Waals surface area contributed by atoms with Gasteiger partial charge in [0.05, 0.1) is 12.1 Å². The van der Waals surface area contributed by atoms with Crippen LogP contribution in [0.1, 0.15) is 5.69 Å². The fourth-order valence-electron chi connectivity index (χ4n) is 2.10. The van der Waals surface area contributed by atoms with Crippen molar-refractivity contribution in [1.29, 1.82) is 0 Å². The highest BCUT2D eigenvalue weighted by Crippen LogP contribution is 2.22. The number of hydrogen-bond donors (Lipinski definition) is 1. The summed E-state index contributed by atoms with van der Waals surface area (Å²) in [5.41, 5.74) is 1.43. The fraction of sp³-hybridized carbons (Fsp3) is 0.125. The second-order valence-electron chi connectivity index (χ2n) is 4.58. The standard InChI is InChI=1S/C16H15N3O2S/c1-21-14-7-3-2-6-13(14)19-16(20)10-12(18-19)11-22-15-8-4-5-9-17-15/h2-10,18H,11H2,1H3. The van der Waals surface area contributed by atoms with Gasteiger partial charge in [0.25, 0.3) is 5.56 Å². The molecule has 1 aromatic carbocycles. The number of nitrogens with one attached hydrogen (secondary N) is 1.